The van der Waals surface area contributed by atoms with Gasteiger partial charge < -0.3 is 36.1 Å². The van der Waals surface area contributed by atoms with E-state index in [0.29, 0.717) is 44.2 Å². The van der Waals surface area contributed by atoms with Crippen LogP contribution in [-0.4, -0.2) is 52.4 Å². The highest BCUT2D eigenvalue weighted by Gasteiger charge is 2.32. The van der Waals surface area contributed by atoms with Gasteiger partial charge in [-0.3, -0.25) is 19.2 Å². The number of carbonyl (C=O) groups is 6. The maximum Gasteiger partial charge on any atom is 0.336 e. The number of hydrogen-bond donors (Lipinski definition) is 5. The molecule has 6 N–H and O–H groups in total. The molecule has 14 heteroatoms. The molecule has 2 aliphatic heterocycles. The second-order valence-electron chi connectivity index (χ2n) is 9.84. The van der Waals surface area contributed by atoms with E-state index < -0.39 is 42.0 Å². The minimum Gasteiger partial charge on any atom is -0.478 e. The van der Waals surface area contributed by atoms with Crippen LogP contribution in [-0.2, 0) is 24.0 Å². The van der Waals surface area contributed by atoms with Crippen molar-refractivity contribution in [1.82, 2.24) is 15.7 Å². The van der Waals surface area contributed by atoms with Crippen molar-refractivity contribution >= 4 is 52.2 Å². The van der Waals surface area contributed by atoms with E-state index in [0.717, 1.165) is 0 Å². The highest BCUT2D eigenvalue weighted by molar-refractivity contribution is 6.09. The molecule has 1 fully saturated rings. The molecule has 14 nitrogen and oxygen atoms in total. The second-order valence-corrected chi connectivity index (χ2v) is 9.84. The van der Waals surface area contributed by atoms with Gasteiger partial charge in [-0.2, -0.15) is 0 Å². The Morgan fingerprint density at radius 1 is 0.932 bits per heavy atom. The molecule has 224 valence electrons. The largest absolute Gasteiger partial charge is 0.478 e. The van der Waals surface area contributed by atoms with Crippen LogP contribution in [0.4, 0.5) is 5.69 Å². The summed E-state index contributed by atoms with van der Waals surface area (Å²) < 4.78 is 5.96. The van der Waals surface area contributed by atoms with Crippen LogP contribution in [0.3, 0.4) is 0 Å². The Morgan fingerprint density at radius 2 is 1.66 bits per heavy atom. The predicted molar refractivity (Wildman–Crippen MR) is 152 cm³/mol. The Bertz CT molecular complexity index is 1880. The lowest BCUT2D eigenvalue weighted by Gasteiger charge is -2.17. The first-order valence-electron chi connectivity index (χ1n) is 13.3. The lowest BCUT2D eigenvalue weighted by molar-refractivity contribution is -0.197. The smallest absolute Gasteiger partial charge is 0.336 e. The third-order valence-electron chi connectivity index (χ3n) is 6.82. The number of aromatic carboxylic acids is 1. The molecule has 0 bridgehead atoms. The van der Waals surface area contributed by atoms with Crippen LogP contribution in [0.1, 0.15) is 46.4 Å². The van der Waals surface area contributed by atoms with Crippen molar-refractivity contribution in [2.75, 3.05) is 12.4 Å². The lowest BCUT2D eigenvalue weighted by atomic mass is 9.89. The minimum absolute atomic E-state index is 0.0100. The van der Waals surface area contributed by atoms with Gasteiger partial charge in [0, 0.05) is 59.2 Å². The molecular formula is C30H25N5O9. The number of nitrogen functional groups attached to an aromatic ring is 1. The average Bonchev–Trinajstić information content (AvgIpc) is 3.30. The molecule has 44 heavy (non-hydrogen) atoms. The number of hydroxylamine groups is 2. The lowest BCUT2D eigenvalue weighted by Crippen LogP contribution is -2.37. The molecule has 0 spiro atoms. The number of rotatable bonds is 9. The topological polar surface area (TPSA) is 222 Å². The van der Waals surface area contributed by atoms with Crippen LogP contribution in [0.5, 0.6) is 0 Å². The van der Waals surface area contributed by atoms with Gasteiger partial charge >= 0.3 is 11.9 Å². The van der Waals surface area contributed by atoms with E-state index in [1.165, 1.54) is 24.3 Å². The van der Waals surface area contributed by atoms with Crippen molar-refractivity contribution < 1.29 is 43.1 Å². The number of carbonyl (C=O) groups excluding carboxylic acids is 5. The summed E-state index contributed by atoms with van der Waals surface area (Å²) >= 11 is 0. The molecule has 3 aliphatic rings. The van der Waals surface area contributed by atoms with Gasteiger partial charge in [0.25, 0.3) is 17.7 Å². The zero-order valence-corrected chi connectivity index (χ0v) is 23.0. The number of amides is 4. The summed E-state index contributed by atoms with van der Waals surface area (Å²) in [6.45, 7) is -0.327. The fourth-order valence-electron chi connectivity index (χ4n) is 4.71. The average molecular weight is 600 g/mol. The number of nitrogens with two attached hydrogens (primary N) is 1. The molecule has 1 saturated heterocycles. The summed E-state index contributed by atoms with van der Waals surface area (Å²) in [6.07, 6.45) is -0.849. The molecule has 0 radical (unpaired) electrons. The van der Waals surface area contributed by atoms with Gasteiger partial charge in [0.1, 0.15) is 11.3 Å². The highest BCUT2D eigenvalue weighted by atomic mass is 16.7. The zero-order chi connectivity index (χ0) is 31.5. The summed E-state index contributed by atoms with van der Waals surface area (Å²) in [5.74, 6) is -4.44. The maximum absolute atomic E-state index is 12.8. The Hall–Kier alpha value is -6.05. The minimum atomic E-state index is -1.29. The van der Waals surface area contributed by atoms with Gasteiger partial charge in [-0.15, -0.1) is 5.06 Å². The SMILES string of the molecule is N=c1ccc2c(-c3ccc(C(=O)NCNC(=O)CCC(=O)ON4C(=O)CCC4=O)cc3C(=O)O)c3ccc(N)cc3oc-2c1. The Balaban J connectivity index is 1.29. The number of carboxylic acid groups (broad SMARTS) is 1. The van der Waals surface area contributed by atoms with E-state index in [9.17, 15) is 33.9 Å². The van der Waals surface area contributed by atoms with Crippen LogP contribution in [0, 0.1) is 5.41 Å². The summed E-state index contributed by atoms with van der Waals surface area (Å²) in [7, 11) is 0. The number of imide groups is 1. The summed E-state index contributed by atoms with van der Waals surface area (Å²) in [4.78, 5) is 76.9. The Kier molecular flexibility index (Phi) is 8.06. The third-order valence-corrected chi connectivity index (χ3v) is 6.82. The van der Waals surface area contributed by atoms with E-state index in [4.69, 9.17) is 20.4 Å². The van der Waals surface area contributed by atoms with Crippen LogP contribution in [0.15, 0.2) is 59.0 Å². The summed E-state index contributed by atoms with van der Waals surface area (Å²) in [6, 6.07) is 13.8. The third kappa shape index (κ3) is 6.09. The number of carboxylic acids is 1. The molecule has 2 aromatic carbocycles. The van der Waals surface area contributed by atoms with Gasteiger partial charge in [-0.1, -0.05) is 6.07 Å². The van der Waals surface area contributed by atoms with Crippen molar-refractivity contribution in [1.29, 1.82) is 5.41 Å². The number of nitrogens with zero attached hydrogens (tertiary/aromatic N) is 1. The zero-order valence-electron chi connectivity index (χ0n) is 23.0. The number of nitrogens with one attached hydrogen (secondary N) is 3. The molecule has 0 aromatic heterocycles. The molecular weight excluding hydrogens is 574 g/mol. The maximum atomic E-state index is 12.8. The first-order chi connectivity index (χ1) is 21.0. The van der Waals surface area contributed by atoms with Gasteiger partial charge in [0.15, 0.2) is 0 Å². The van der Waals surface area contributed by atoms with E-state index in [2.05, 4.69) is 10.6 Å². The van der Waals surface area contributed by atoms with Crippen LogP contribution in [0.2, 0.25) is 0 Å². The van der Waals surface area contributed by atoms with Crippen LogP contribution in [0.25, 0.3) is 33.4 Å². The van der Waals surface area contributed by atoms with Crippen molar-refractivity contribution in [3.05, 3.63) is 71.1 Å². The van der Waals surface area contributed by atoms with E-state index in [-0.39, 0.29) is 42.4 Å². The van der Waals surface area contributed by atoms with Crippen LogP contribution < -0.4 is 21.7 Å². The monoisotopic (exact) mass is 599 g/mol. The summed E-state index contributed by atoms with van der Waals surface area (Å²) in [5.41, 5.74) is 7.98. The fourth-order valence-corrected chi connectivity index (χ4v) is 4.71. The number of fused-ring (bicyclic) bond motifs is 2. The first-order valence-corrected chi connectivity index (χ1v) is 13.3. The number of hydrogen-bond acceptors (Lipinski definition) is 10. The number of anilines is 1. The molecule has 4 amide bonds. The van der Waals surface area contributed by atoms with E-state index >= 15 is 0 Å². The highest BCUT2D eigenvalue weighted by Crippen LogP contribution is 2.41. The van der Waals surface area contributed by atoms with Crippen molar-refractivity contribution in [2.45, 2.75) is 25.7 Å². The predicted octanol–water partition coefficient (Wildman–Crippen LogP) is 2.16. The summed E-state index contributed by atoms with van der Waals surface area (Å²) in [5, 5.41) is 24.1. The normalized spacial score (nSPS) is 12.9. The molecule has 5 rings (SSSR count). The van der Waals surface area contributed by atoms with Crippen molar-refractivity contribution in [3.63, 3.8) is 0 Å². The molecule has 2 aromatic rings. The Labute approximate surface area is 248 Å². The second kappa shape index (κ2) is 12.1. The molecule has 2 heterocycles. The Morgan fingerprint density at radius 3 is 2.39 bits per heavy atom. The molecule has 0 unspecified atom stereocenters. The van der Waals surface area contributed by atoms with Gasteiger partial charge in [0.05, 0.1) is 24.0 Å². The number of benzene rings is 3. The first kappa shape index (κ1) is 29.4. The van der Waals surface area contributed by atoms with E-state index in [1.54, 1.807) is 30.3 Å². The molecule has 0 atom stereocenters. The van der Waals surface area contributed by atoms with Crippen LogP contribution >= 0.6 is 0 Å². The quantitative estimate of drug-likeness (QED) is 0.0816. The standard InChI is InChI=1S/C30H25N5O9/c31-16-2-5-19-22(12-16)43-23-13-17(32)3-6-20(23)28(19)18-4-1-15(11-21(18)30(41)42)29(40)34-14-33-24(36)7-10-27(39)44-35-25(37)8-9-26(35)38/h1-6,11-13,31H,7-10,14,32H2,(H,33,36)(H,34,40)(H,41,42). The van der Waals surface area contributed by atoms with Gasteiger partial charge in [0.2, 0.25) is 5.91 Å². The van der Waals surface area contributed by atoms with Gasteiger partial charge in [-0.25, -0.2) is 9.59 Å². The van der Waals surface area contributed by atoms with Crippen molar-refractivity contribution in [2.24, 2.45) is 0 Å². The molecule has 1 aliphatic carbocycles. The van der Waals surface area contributed by atoms with Gasteiger partial charge in [-0.05, 0) is 42.0 Å². The molecule has 0 saturated carbocycles. The van der Waals surface area contributed by atoms with Crippen molar-refractivity contribution in [3.8, 4) is 22.5 Å². The van der Waals surface area contributed by atoms with E-state index in [1.807, 2.05) is 0 Å². The fraction of sp³-hybridized carbons (Fsp3) is 0.167.